The van der Waals surface area contributed by atoms with Gasteiger partial charge in [0, 0.05) is 23.9 Å². The summed E-state index contributed by atoms with van der Waals surface area (Å²) in [6.07, 6.45) is 1.99. The first-order valence-electron chi connectivity index (χ1n) is 7.88. The lowest BCUT2D eigenvalue weighted by Crippen LogP contribution is -2.16. The second-order valence-electron chi connectivity index (χ2n) is 5.72. The van der Waals surface area contributed by atoms with Gasteiger partial charge in [-0.15, -0.1) is 0 Å². The van der Waals surface area contributed by atoms with Crippen molar-refractivity contribution in [2.45, 2.75) is 60.0 Å². The number of aryl methyl sites for hydroxylation is 1. The van der Waals surface area contributed by atoms with Crippen molar-refractivity contribution in [2.24, 2.45) is 5.92 Å². The third-order valence-corrected chi connectivity index (χ3v) is 3.61. The lowest BCUT2D eigenvalue weighted by atomic mass is 10.0. The highest BCUT2D eigenvalue weighted by molar-refractivity contribution is 5.30. The van der Waals surface area contributed by atoms with Gasteiger partial charge in [-0.05, 0) is 32.7 Å². The van der Waals surface area contributed by atoms with Gasteiger partial charge >= 0.3 is 0 Å². The van der Waals surface area contributed by atoms with E-state index in [0.717, 1.165) is 32.6 Å². The van der Waals surface area contributed by atoms with Gasteiger partial charge in [0.15, 0.2) is 0 Å². The van der Waals surface area contributed by atoms with Gasteiger partial charge in [0.2, 0.25) is 0 Å². The number of hydrogen-bond acceptors (Lipinski definition) is 3. The molecule has 1 atom stereocenters. The van der Waals surface area contributed by atoms with Crippen LogP contribution in [0.4, 0.5) is 0 Å². The summed E-state index contributed by atoms with van der Waals surface area (Å²) in [7, 11) is 2.01. The quantitative estimate of drug-likeness (QED) is 0.707. The first-order chi connectivity index (χ1) is 9.54. The Hall–Kier alpha value is -0.870. The molecular weight excluding hydrogens is 250 g/mol. The zero-order valence-electron chi connectivity index (χ0n) is 14.0. The van der Waals surface area contributed by atoms with Crippen LogP contribution in [0.3, 0.4) is 0 Å². The number of nitrogens with zero attached hydrogens (tertiary/aromatic N) is 2. The summed E-state index contributed by atoms with van der Waals surface area (Å²) in [6.45, 7) is 13.3. The van der Waals surface area contributed by atoms with Crippen LogP contribution in [-0.4, -0.2) is 30.0 Å². The van der Waals surface area contributed by atoms with Gasteiger partial charge in [0.05, 0.1) is 18.8 Å². The van der Waals surface area contributed by atoms with Crippen molar-refractivity contribution in [1.82, 2.24) is 15.1 Å². The van der Waals surface area contributed by atoms with E-state index in [0.29, 0.717) is 12.0 Å². The summed E-state index contributed by atoms with van der Waals surface area (Å²) < 4.78 is 7.83. The van der Waals surface area contributed by atoms with E-state index in [4.69, 9.17) is 9.84 Å². The minimum absolute atomic E-state index is 0.352. The van der Waals surface area contributed by atoms with Crippen LogP contribution in [0, 0.1) is 5.92 Å². The molecule has 116 valence electrons. The SMILES string of the molecule is CCc1nn(CCOCC(C)C)c(CC)c1C(C)NC. The third-order valence-electron chi connectivity index (χ3n) is 3.61. The van der Waals surface area contributed by atoms with Crippen LogP contribution in [0.5, 0.6) is 0 Å². The number of hydrogen-bond donors (Lipinski definition) is 1. The number of rotatable bonds is 9. The Kier molecular flexibility index (Phi) is 7.24. The van der Waals surface area contributed by atoms with E-state index >= 15 is 0 Å². The molecule has 0 bridgehead atoms. The summed E-state index contributed by atoms with van der Waals surface area (Å²) in [5.74, 6) is 0.587. The molecule has 20 heavy (non-hydrogen) atoms. The van der Waals surface area contributed by atoms with E-state index < -0.39 is 0 Å². The second kappa shape index (κ2) is 8.42. The maximum atomic E-state index is 5.69. The van der Waals surface area contributed by atoms with E-state index in [1.165, 1.54) is 17.0 Å². The fraction of sp³-hybridized carbons (Fsp3) is 0.812. The molecule has 0 fully saturated rings. The Morgan fingerprint density at radius 1 is 1.20 bits per heavy atom. The predicted molar refractivity (Wildman–Crippen MR) is 84.1 cm³/mol. The first-order valence-corrected chi connectivity index (χ1v) is 7.88. The summed E-state index contributed by atoms with van der Waals surface area (Å²) in [6, 6.07) is 0.352. The van der Waals surface area contributed by atoms with Gasteiger partial charge in [0.25, 0.3) is 0 Å². The second-order valence-corrected chi connectivity index (χ2v) is 5.72. The van der Waals surface area contributed by atoms with Crippen LogP contribution in [0.25, 0.3) is 0 Å². The van der Waals surface area contributed by atoms with Crippen LogP contribution in [0.2, 0.25) is 0 Å². The molecule has 4 nitrogen and oxygen atoms in total. The van der Waals surface area contributed by atoms with E-state index in [-0.39, 0.29) is 0 Å². The van der Waals surface area contributed by atoms with Crippen LogP contribution < -0.4 is 5.32 Å². The lowest BCUT2D eigenvalue weighted by molar-refractivity contribution is 0.100. The van der Waals surface area contributed by atoms with Crippen LogP contribution >= 0.6 is 0 Å². The highest BCUT2D eigenvalue weighted by atomic mass is 16.5. The zero-order chi connectivity index (χ0) is 15.1. The molecule has 1 unspecified atom stereocenters. The molecule has 0 aromatic carbocycles. The highest BCUT2D eigenvalue weighted by Crippen LogP contribution is 2.23. The minimum atomic E-state index is 0.352. The molecule has 1 heterocycles. The topological polar surface area (TPSA) is 39.1 Å². The van der Waals surface area contributed by atoms with E-state index in [2.05, 4.69) is 44.6 Å². The minimum Gasteiger partial charge on any atom is -0.379 e. The van der Waals surface area contributed by atoms with Crippen molar-refractivity contribution in [3.05, 3.63) is 17.0 Å². The van der Waals surface area contributed by atoms with E-state index in [9.17, 15) is 0 Å². The number of aromatic nitrogens is 2. The summed E-state index contributed by atoms with van der Waals surface area (Å²) in [4.78, 5) is 0. The van der Waals surface area contributed by atoms with Crippen molar-refractivity contribution in [1.29, 1.82) is 0 Å². The molecule has 1 N–H and O–H groups in total. The van der Waals surface area contributed by atoms with Gasteiger partial charge in [-0.25, -0.2) is 0 Å². The fourth-order valence-electron chi connectivity index (χ4n) is 2.50. The Balaban J connectivity index is 2.82. The van der Waals surface area contributed by atoms with Gasteiger partial charge in [0.1, 0.15) is 0 Å². The van der Waals surface area contributed by atoms with Gasteiger partial charge < -0.3 is 10.1 Å². The third kappa shape index (κ3) is 4.32. The van der Waals surface area contributed by atoms with Crippen molar-refractivity contribution >= 4 is 0 Å². The van der Waals surface area contributed by atoms with Crippen molar-refractivity contribution in [3.8, 4) is 0 Å². The number of nitrogens with one attached hydrogen (secondary N) is 1. The van der Waals surface area contributed by atoms with E-state index in [1.807, 2.05) is 7.05 Å². The summed E-state index contributed by atoms with van der Waals surface area (Å²) in [5.41, 5.74) is 3.94. The highest BCUT2D eigenvalue weighted by Gasteiger charge is 2.19. The van der Waals surface area contributed by atoms with Gasteiger partial charge in [-0.2, -0.15) is 5.10 Å². The average Bonchev–Trinajstić information content (AvgIpc) is 2.80. The maximum Gasteiger partial charge on any atom is 0.0672 e. The smallest absolute Gasteiger partial charge is 0.0672 e. The summed E-state index contributed by atoms with van der Waals surface area (Å²) >= 11 is 0. The Labute approximate surface area is 123 Å². The molecule has 0 amide bonds. The summed E-state index contributed by atoms with van der Waals surface area (Å²) in [5, 5.41) is 8.12. The van der Waals surface area contributed by atoms with Crippen molar-refractivity contribution in [3.63, 3.8) is 0 Å². The monoisotopic (exact) mass is 281 g/mol. The molecule has 0 saturated carbocycles. The molecule has 1 aromatic rings. The van der Waals surface area contributed by atoms with Crippen molar-refractivity contribution in [2.75, 3.05) is 20.3 Å². The molecule has 0 radical (unpaired) electrons. The molecule has 0 saturated heterocycles. The van der Waals surface area contributed by atoms with Crippen LogP contribution in [0.1, 0.15) is 57.6 Å². The molecular formula is C16H31N3O. The Morgan fingerprint density at radius 2 is 1.90 bits per heavy atom. The van der Waals surface area contributed by atoms with Gasteiger partial charge in [-0.3, -0.25) is 4.68 Å². The van der Waals surface area contributed by atoms with Crippen molar-refractivity contribution < 1.29 is 4.74 Å². The molecule has 4 heteroatoms. The molecule has 0 aliphatic carbocycles. The molecule has 0 aliphatic heterocycles. The normalized spacial score (nSPS) is 13.2. The molecule has 0 spiro atoms. The predicted octanol–water partition coefficient (Wildman–Crippen LogP) is 2.96. The maximum absolute atomic E-state index is 5.69. The Bertz CT molecular complexity index is 399. The fourth-order valence-corrected chi connectivity index (χ4v) is 2.50. The lowest BCUT2D eigenvalue weighted by Gasteiger charge is -2.14. The van der Waals surface area contributed by atoms with Crippen LogP contribution in [0.15, 0.2) is 0 Å². The zero-order valence-corrected chi connectivity index (χ0v) is 14.0. The number of ether oxygens (including phenoxy) is 1. The standard InChI is InChI=1S/C16H31N3O/c1-7-14-16(13(5)17-6)15(8-2)19(18-14)9-10-20-11-12(3)4/h12-13,17H,7-11H2,1-6H3. The van der Waals surface area contributed by atoms with Crippen LogP contribution in [-0.2, 0) is 24.1 Å². The Morgan fingerprint density at radius 3 is 2.40 bits per heavy atom. The average molecular weight is 281 g/mol. The van der Waals surface area contributed by atoms with Gasteiger partial charge in [-0.1, -0.05) is 27.7 Å². The molecule has 1 aromatic heterocycles. The molecule has 0 aliphatic rings. The largest absolute Gasteiger partial charge is 0.379 e. The first kappa shape index (κ1) is 17.2. The van der Waals surface area contributed by atoms with E-state index in [1.54, 1.807) is 0 Å². The molecule has 1 rings (SSSR count).